The molecule has 1 aromatic heterocycles. The van der Waals surface area contributed by atoms with E-state index in [0.717, 1.165) is 6.20 Å². The molecule has 0 radical (unpaired) electrons. The molecule has 7 heteroatoms. The Balaban J connectivity index is 2.53. The molecular weight excluding hydrogens is 261 g/mol. The molecule has 0 saturated heterocycles. The molecule has 108 valence electrons. The van der Waals surface area contributed by atoms with Crippen LogP contribution in [0.25, 0.3) is 0 Å². The van der Waals surface area contributed by atoms with Gasteiger partial charge in [-0.1, -0.05) is 13.8 Å². The van der Waals surface area contributed by atoms with Crippen LogP contribution in [0.1, 0.15) is 20.3 Å². The number of ether oxygens (including phenoxy) is 1. The lowest BCUT2D eigenvalue weighted by atomic mass is 9.90. The van der Waals surface area contributed by atoms with Crippen LogP contribution < -0.4 is 10.1 Å². The summed E-state index contributed by atoms with van der Waals surface area (Å²) in [6.07, 6.45) is -3.08. The van der Waals surface area contributed by atoms with Crippen molar-refractivity contribution >= 4 is 5.82 Å². The number of hydrogen-bond acceptors (Lipinski definition) is 4. The molecule has 0 fully saturated rings. The Morgan fingerprint density at radius 3 is 2.47 bits per heavy atom. The van der Waals surface area contributed by atoms with Crippen LogP contribution in [0.2, 0.25) is 0 Å². The zero-order valence-corrected chi connectivity index (χ0v) is 10.8. The second kappa shape index (κ2) is 6.10. The van der Waals surface area contributed by atoms with Crippen molar-refractivity contribution in [1.29, 1.82) is 0 Å². The van der Waals surface area contributed by atoms with Crippen LogP contribution in [0.4, 0.5) is 19.0 Å². The summed E-state index contributed by atoms with van der Waals surface area (Å²) in [7, 11) is 0. The fourth-order valence-electron chi connectivity index (χ4n) is 1.40. The number of alkyl halides is 3. The first-order valence-corrected chi connectivity index (χ1v) is 5.78. The molecule has 1 aromatic rings. The van der Waals surface area contributed by atoms with E-state index in [-0.39, 0.29) is 17.8 Å². The smallest absolute Gasteiger partial charge is 0.404 e. The molecule has 19 heavy (non-hydrogen) atoms. The number of halogens is 3. The van der Waals surface area contributed by atoms with Gasteiger partial charge < -0.3 is 15.2 Å². The van der Waals surface area contributed by atoms with Crippen LogP contribution in [-0.2, 0) is 0 Å². The van der Waals surface area contributed by atoms with E-state index in [4.69, 9.17) is 5.11 Å². The number of nitrogens with one attached hydrogen (secondary N) is 1. The Hall–Kier alpha value is -1.50. The Kier molecular flexibility index (Phi) is 4.99. The molecule has 0 aromatic carbocycles. The molecule has 0 aliphatic heterocycles. The zero-order chi connectivity index (χ0) is 14.5. The van der Waals surface area contributed by atoms with E-state index in [2.05, 4.69) is 15.0 Å². The molecule has 0 amide bonds. The van der Waals surface area contributed by atoms with Gasteiger partial charge in [-0.15, -0.1) is 13.2 Å². The summed E-state index contributed by atoms with van der Waals surface area (Å²) in [4.78, 5) is 3.83. The third-order valence-electron chi connectivity index (χ3n) is 2.51. The van der Waals surface area contributed by atoms with Crippen molar-refractivity contribution in [2.45, 2.75) is 26.6 Å². The number of anilines is 1. The summed E-state index contributed by atoms with van der Waals surface area (Å²) < 4.78 is 39.5. The fourth-order valence-corrected chi connectivity index (χ4v) is 1.40. The van der Waals surface area contributed by atoms with Crippen LogP contribution in [0, 0.1) is 5.41 Å². The molecule has 0 spiro atoms. The van der Waals surface area contributed by atoms with Crippen molar-refractivity contribution in [2.75, 3.05) is 18.5 Å². The highest BCUT2D eigenvalue weighted by atomic mass is 19.4. The minimum absolute atomic E-state index is 0.0838. The first-order chi connectivity index (χ1) is 8.72. The third kappa shape index (κ3) is 6.28. The van der Waals surface area contributed by atoms with Crippen molar-refractivity contribution < 1.29 is 23.0 Å². The highest BCUT2D eigenvalue weighted by Crippen LogP contribution is 2.23. The van der Waals surface area contributed by atoms with Gasteiger partial charge in [-0.25, -0.2) is 4.98 Å². The zero-order valence-electron chi connectivity index (χ0n) is 10.8. The van der Waals surface area contributed by atoms with Crippen molar-refractivity contribution in [3.05, 3.63) is 18.3 Å². The summed E-state index contributed by atoms with van der Waals surface area (Å²) in [6.45, 7) is 4.58. The summed E-state index contributed by atoms with van der Waals surface area (Å²) >= 11 is 0. The number of hydrogen-bond donors (Lipinski definition) is 2. The van der Waals surface area contributed by atoms with Gasteiger partial charge in [0.2, 0.25) is 0 Å². The van der Waals surface area contributed by atoms with Crippen molar-refractivity contribution in [3.8, 4) is 5.75 Å². The molecule has 0 saturated carbocycles. The average Bonchev–Trinajstić information content (AvgIpc) is 2.26. The molecule has 1 rings (SSSR count). The predicted octanol–water partition coefficient (Wildman–Crippen LogP) is 2.80. The Bertz CT molecular complexity index is 391. The molecular formula is C12H17F3N2O2. The highest BCUT2D eigenvalue weighted by Gasteiger charge is 2.31. The first-order valence-electron chi connectivity index (χ1n) is 5.78. The van der Waals surface area contributed by atoms with Crippen LogP contribution in [0.5, 0.6) is 5.75 Å². The second-order valence-electron chi connectivity index (χ2n) is 4.92. The molecule has 0 unspecified atom stereocenters. The summed E-state index contributed by atoms with van der Waals surface area (Å²) in [6, 6.07) is 2.61. The monoisotopic (exact) mass is 278 g/mol. The van der Waals surface area contributed by atoms with E-state index >= 15 is 0 Å². The maximum absolute atomic E-state index is 11.9. The van der Waals surface area contributed by atoms with Crippen molar-refractivity contribution in [2.24, 2.45) is 5.41 Å². The molecule has 1 heterocycles. The first kappa shape index (κ1) is 15.6. The Morgan fingerprint density at radius 2 is 2.00 bits per heavy atom. The van der Waals surface area contributed by atoms with E-state index in [9.17, 15) is 13.2 Å². The van der Waals surface area contributed by atoms with Gasteiger partial charge in [0, 0.05) is 13.2 Å². The van der Waals surface area contributed by atoms with Gasteiger partial charge in [-0.2, -0.15) is 0 Å². The van der Waals surface area contributed by atoms with Crippen molar-refractivity contribution in [3.63, 3.8) is 0 Å². The predicted molar refractivity (Wildman–Crippen MR) is 64.9 cm³/mol. The standard InChI is InChI=1S/C12H17F3N2O2/c1-11(2,5-6-18)8-17-10-4-3-9(7-16-10)19-12(13,14)15/h3-4,7,18H,5-6,8H2,1-2H3,(H,16,17). The topological polar surface area (TPSA) is 54.4 Å². The van der Waals surface area contributed by atoms with Crippen LogP contribution in [0.3, 0.4) is 0 Å². The molecule has 0 aliphatic rings. The van der Waals surface area contributed by atoms with Gasteiger partial charge in [0.25, 0.3) is 0 Å². The normalized spacial score (nSPS) is 12.3. The maximum Gasteiger partial charge on any atom is 0.573 e. The number of pyridine rings is 1. The quantitative estimate of drug-likeness (QED) is 0.840. The second-order valence-corrected chi connectivity index (χ2v) is 4.92. The highest BCUT2D eigenvalue weighted by molar-refractivity contribution is 5.37. The van der Waals surface area contributed by atoms with Gasteiger partial charge in [0.05, 0.1) is 6.20 Å². The van der Waals surface area contributed by atoms with Gasteiger partial charge in [0.15, 0.2) is 0 Å². The number of aliphatic hydroxyl groups is 1. The van der Waals surface area contributed by atoms with Gasteiger partial charge in [-0.3, -0.25) is 0 Å². The van der Waals surface area contributed by atoms with Crippen LogP contribution >= 0.6 is 0 Å². The van der Waals surface area contributed by atoms with E-state index in [1.807, 2.05) is 13.8 Å². The minimum atomic E-state index is -4.71. The molecule has 4 nitrogen and oxygen atoms in total. The molecule has 0 atom stereocenters. The van der Waals surface area contributed by atoms with E-state index in [1.54, 1.807) is 0 Å². The third-order valence-corrected chi connectivity index (χ3v) is 2.51. The van der Waals surface area contributed by atoms with E-state index in [1.165, 1.54) is 12.1 Å². The number of nitrogens with zero attached hydrogens (tertiary/aromatic N) is 1. The largest absolute Gasteiger partial charge is 0.573 e. The summed E-state index contributed by atoms with van der Waals surface area (Å²) in [5.74, 6) is 0.105. The maximum atomic E-state index is 11.9. The number of aliphatic hydroxyl groups excluding tert-OH is 1. The molecule has 2 N–H and O–H groups in total. The van der Waals surface area contributed by atoms with Gasteiger partial charge >= 0.3 is 6.36 Å². The van der Waals surface area contributed by atoms with Crippen LogP contribution in [0.15, 0.2) is 18.3 Å². The lowest BCUT2D eigenvalue weighted by Gasteiger charge is -2.24. The summed E-state index contributed by atoms with van der Waals surface area (Å²) in [5, 5.41) is 11.9. The minimum Gasteiger partial charge on any atom is -0.404 e. The van der Waals surface area contributed by atoms with Crippen molar-refractivity contribution in [1.82, 2.24) is 4.98 Å². The fraction of sp³-hybridized carbons (Fsp3) is 0.583. The lowest BCUT2D eigenvalue weighted by molar-refractivity contribution is -0.274. The Labute approximate surface area is 109 Å². The van der Waals surface area contributed by atoms with E-state index < -0.39 is 6.36 Å². The molecule has 0 bridgehead atoms. The molecule has 0 aliphatic carbocycles. The average molecular weight is 278 g/mol. The lowest BCUT2D eigenvalue weighted by Crippen LogP contribution is -2.24. The van der Waals surface area contributed by atoms with E-state index in [0.29, 0.717) is 18.8 Å². The number of rotatable bonds is 6. The number of aromatic nitrogens is 1. The summed E-state index contributed by atoms with van der Waals surface area (Å²) in [5.41, 5.74) is -0.127. The Morgan fingerprint density at radius 1 is 1.32 bits per heavy atom. The van der Waals surface area contributed by atoms with Gasteiger partial charge in [0.1, 0.15) is 11.6 Å². The van der Waals surface area contributed by atoms with Crippen LogP contribution in [-0.4, -0.2) is 29.6 Å². The van der Waals surface area contributed by atoms with Gasteiger partial charge in [-0.05, 0) is 24.0 Å². The SMILES string of the molecule is CC(C)(CCO)CNc1ccc(OC(F)(F)F)cn1.